The average Bonchev–Trinajstić information content (AvgIpc) is 3.49. The van der Waals surface area contributed by atoms with Gasteiger partial charge in [-0.3, -0.25) is 9.69 Å². The number of phenols is 2. The maximum atomic E-state index is 12.7. The molecule has 3 heterocycles. The Kier molecular flexibility index (Phi) is 6.13. The lowest BCUT2D eigenvalue weighted by molar-refractivity contribution is 0.0947. The number of amides is 1. The molecule has 0 spiro atoms. The van der Waals surface area contributed by atoms with Crippen molar-refractivity contribution in [1.29, 1.82) is 0 Å². The molecular formula is C22H27N5O5. The summed E-state index contributed by atoms with van der Waals surface area (Å²) in [6.45, 7) is 8.49. The molecule has 0 bridgehead atoms. The Hall–Kier alpha value is -3.40. The van der Waals surface area contributed by atoms with Gasteiger partial charge < -0.3 is 24.6 Å². The van der Waals surface area contributed by atoms with Crippen molar-refractivity contribution in [1.82, 2.24) is 25.5 Å². The lowest BCUT2D eigenvalue weighted by atomic mass is 9.96. The molecular weight excluding hydrogens is 414 g/mol. The van der Waals surface area contributed by atoms with E-state index in [0.717, 1.165) is 25.9 Å². The summed E-state index contributed by atoms with van der Waals surface area (Å²) in [4.78, 5) is 19.4. The van der Waals surface area contributed by atoms with E-state index in [-0.39, 0.29) is 45.8 Å². The number of hydrogen-bond acceptors (Lipinski definition) is 9. The molecule has 4 rings (SSSR count). The third-order valence-electron chi connectivity index (χ3n) is 5.51. The summed E-state index contributed by atoms with van der Waals surface area (Å²) in [7, 11) is 0. The fourth-order valence-electron chi connectivity index (χ4n) is 3.87. The molecule has 0 unspecified atom stereocenters. The molecule has 10 nitrogen and oxygen atoms in total. The number of carbonyl (C=O) groups excluding carboxylic acids is 1. The van der Waals surface area contributed by atoms with E-state index < -0.39 is 5.91 Å². The second kappa shape index (κ2) is 8.99. The summed E-state index contributed by atoms with van der Waals surface area (Å²) in [6.07, 6.45) is 2.27. The highest BCUT2D eigenvalue weighted by Gasteiger charge is 2.30. The van der Waals surface area contributed by atoms with E-state index in [4.69, 9.17) is 9.05 Å². The van der Waals surface area contributed by atoms with Gasteiger partial charge in [0.2, 0.25) is 11.7 Å². The van der Waals surface area contributed by atoms with Crippen molar-refractivity contribution in [2.24, 2.45) is 0 Å². The Bertz CT molecular complexity index is 1110. The lowest BCUT2D eigenvalue weighted by Gasteiger charge is -2.11. The molecule has 170 valence electrons. The van der Waals surface area contributed by atoms with E-state index >= 15 is 0 Å². The molecule has 0 atom stereocenters. The number of carbonyl (C=O) groups is 1. The van der Waals surface area contributed by atoms with Crippen LogP contribution in [-0.2, 0) is 6.54 Å². The van der Waals surface area contributed by atoms with Crippen molar-refractivity contribution in [3.63, 3.8) is 0 Å². The minimum absolute atomic E-state index is 0.00561. The standard InChI is InChI=1S/C22H27N5O5/c1-4-23-22(30)19-18(21-24-17(31-26-21)11-27-7-5-6-8-27)20(32-25-19)14-9-13(12(2)3)15(28)10-16(14)29/h9-10,12,28-29H,4-8,11H2,1-3H3,(H,23,30). The highest BCUT2D eigenvalue weighted by atomic mass is 16.5. The predicted octanol–water partition coefficient (Wildman–Crippen LogP) is 3.27. The molecule has 1 fully saturated rings. The van der Waals surface area contributed by atoms with Crippen LogP contribution in [0, 0.1) is 0 Å². The lowest BCUT2D eigenvalue weighted by Crippen LogP contribution is -2.23. The molecule has 1 aliphatic heterocycles. The molecule has 10 heteroatoms. The number of aromatic nitrogens is 3. The van der Waals surface area contributed by atoms with E-state index in [1.54, 1.807) is 13.0 Å². The van der Waals surface area contributed by atoms with Gasteiger partial charge in [-0.25, -0.2) is 0 Å². The van der Waals surface area contributed by atoms with Crippen LogP contribution in [0.1, 0.15) is 61.5 Å². The molecule has 32 heavy (non-hydrogen) atoms. The van der Waals surface area contributed by atoms with Crippen LogP contribution in [0.3, 0.4) is 0 Å². The first-order chi connectivity index (χ1) is 15.4. The Labute approximate surface area is 185 Å². The van der Waals surface area contributed by atoms with Crippen molar-refractivity contribution in [2.75, 3.05) is 19.6 Å². The van der Waals surface area contributed by atoms with Crippen LogP contribution in [-0.4, -0.2) is 56.0 Å². The van der Waals surface area contributed by atoms with Gasteiger partial charge in [-0.2, -0.15) is 4.98 Å². The van der Waals surface area contributed by atoms with Crippen molar-refractivity contribution < 1.29 is 24.1 Å². The Morgan fingerprint density at radius 2 is 1.91 bits per heavy atom. The summed E-state index contributed by atoms with van der Waals surface area (Å²) in [5, 5.41) is 31.5. The smallest absolute Gasteiger partial charge is 0.274 e. The number of aromatic hydroxyl groups is 2. The monoisotopic (exact) mass is 441 g/mol. The van der Waals surface area contributed by atoms with E-state index in [9.17, 15) is 15.0 Å². The van der Waals surface area contributed by atoms with Crippen LogP contribution < -0.4 is 5.32 Å². The van der Waals surface area contributed by atoms with Gasteiger partial charge >= 0.3 is 0 Å². The fraction of sp³-hybridized carbons (Fsp3) is 0.455. The van der Waals surface area contributed by atoms with Gasteiger partial charge in [-0.1, -0.05) is 24.2 Å². The number of nitrogens with zero attached hydrogens (tertiary/aromatic N) is 4. The normalized spacial score (nSPS) is 14.4. The minimum Gasteiger partial charge on any atom is -0.508 e. The van der Waals surface area contributed by atoms with Crippen LogP contribution in [0.15, 0.2) is 21.2 Å². The molecule has 3 N–H and O–H groups in total. The highest BCUT2D eigenvalue weighted by Crippen LogP contribution is 2.42. The fourth-order valence-corrected chi connectivity index (χ4v) is 3.87. The molecule has 1 aliphatic rings. The summed E-state index contributed by atoms with van der Waals surface area (Å²) in [5.74, 6) is -0.0130. The molecule has 1 aromatic carbocycles. The first kappa shape index (κ1) is 21.8. The van der Waals surface area contributed by atoms with Gasteiger partial charge in [0.25, 0.3) is 5.91 Å². The highest BCUT2D eigenvalue weighted by molar-refractivity contribution is 6.01. The maximum Gasteiger partial charge on any atom is 0.274 e. The van der Waals surface area contributed by atoms with E-state index in [2.05, 4.69) is 25.5 Å². The van der Waals surface area contributed by atoms with Crippen LogP contribution >= 0.6 is 0 Å². The quantitative estimate of drug-likeness (QED) is 0.504. The van der Waals surface area contributed by atoms with E-state index in [1.807, 2.05) is 13.8 Å². The van der Waals surface area contributed by atoms with Gasteiger partial charge in [0.05, 0.1) is 12.1 Å². The zero-order valence-corrected chi connectivity index (χ0v) is 18.4. The van der Waals surface area contributed by atoms with Gasteiger partial charge in [0.1, 0.15) is 17.1 Å². The predicted molar refractivity (Wildman–Crippen MR) is 115 cm³/mol. The number of rotatable bonds is 7. The number of phenolic OH excluding ortho intramolecular Hbond substituents is 2. The van der Waals surface area contributed by atoms with E-state index in [0.29, 0.717) is 24.5 Å². The Balaban J connectivity index is 1.81. The Morgan fingerprint density at radius 3 is 2.59 bits per heavy atom. The van der Waals surface area contributed by atoms with E-state index in [1.165, 1.54) is 6.07 Å². The molecule has 2 aromatic heterocycles. The largest absolute Gasteiger partial charge is 0.508 e. The molecule has 0 saturated carbocycles. The summed E-state index contributed by atoms with van der Waals surface area (Å²) < 4.78 is 11.0. The summed E-state index contributed by atoms with van der Waals surface area (Å²) >= 11 is 0. The average molecular weight is 441 g/mol. The number of hydrogen-bond donors (Lipinski definition) is 3. The topological polar surface area (TPSA) is 138 Å². The van der Waals surface area contributed by atoms with Crippen molar-refractivity contribution in [3.05, 3.63) is 29.3 Å². The van der Waals surface area contributed by atoms with Crippen molar-refractivity contribution >= 4 is 5.91 Å². The zero-order valence-electron chi connectivity index (χ0n) is 18.4. The van der Waals surface area contributed by atoms with Crippen molar-refractivity contribution in [2.45, 2.75) is 46.1 Å². The van der Waals surface area contributed by atoms with Crippen LogP contribution in [0.25, 0.3) is 22.7 Å². The second-order valence-corrected chi connectivity index (χ2v) is 8.17. The SMILES string of the molecule is CCNC(=O)c1noc(-c2cc(C(C)C)c(O)cc2O)c1-c1noc(CN2CCCC2)n1. The first-order valence-corrected chi connectivity index (χ1v) is 10.8. The zero-order chi connectivity index (χ0) is 22.8. The van der Waals surface area contributed by atoms with Gasteiger partial charge in [-0.15, -0.1) is 0 Å². The first-order valence-electron chi connectivity index (χ1n) is 10.8. The second-order valence-electron chi connectivity index (χ2n) is 8.17. The summed E-state index contributed by atoms with van der Waals surface area (Å²) in [5.41, 5.74) is 1.11. The molecule has 3 aromatic rings. The van der Waals surface area contributed by atoms with Crippen LogP contribution in [0.2, 0.25) is 0 Å². The summed E-state index contributed by atoms with van der Waals surface area (Å²) in [6, 6.07) is 2.86. The van der Waals surface area contributed by atoms with Crippen molar-refractivity contribution in [3.8, 4) is 34.2 Å². The minimum atomic E-state index is -0.453. The molecule has 0 aliphatic carbocycles. The molecule has 0 radical (unpaired) electrons. The van der Waals surface area contributed by atoms with Crippen LogP contribution in [0.4, 0.5) is 0 Å². The number of nitrogens with one attached hydrogen (secondary N) is 1. The Morgan fingerprint density at radius 1 is 1.16 bits per heavy atom. The molecule has 1 saturated heterocycles. The van der Waals surface area contributed by atoms with Gasteiger partial charge in [0.15, 0.2) is 11.5 Å². The third-order valence-corrected chi connectivity index (χ3v) is 5.51. The molecule has 1 amide bonds. The van der Waals surface area contributed by atoms with Gasteiger partial charge in [-0.05, 0) is 50.4 Å². The number of likely N-dealkylation sites (tertiary alicyclic amines) is 1. The van der Waals surface area contributed by atoms with Crippen LogP contribution in [0.5, 0.6) is 11.5 Å². The van der Waals surface area contributed by atoms with Gasteiger partial charge in [0, 0.05) is 12.6 Å². The maximum absolute atomic E-state index is 12.7. The number of benzene rings is 1. The third kappa shape index (κ3) is 4.18.